The molecule has 0 radical (unpaired) electrons. The van der Waals surface area contributed by atoms with Gasteiger partial charge in [0.1, 0.15) is 11.5 Å². The Labute approximate surface area is 271 Å². The fourth-order valence-corrected chi connectivity index (χ4v) is 5.95. The quantitative estimate of drug-likeness (QED) is 0.134. The van der Waals surface area contributed by atoms with E-state index in [0.29, 0.717) is 23.6 Å². The highest BCUT2D eigenvalue weighted by atomic mass is 32.2. The molecule has 0 bridgehead atoms. The number of aromatic carboxylic acids is 1. The molecule has 5 aromatic carbocycles. The minimum absolute atomic E-state index is 0.0655. The predicted molar refractivity (Wildman–Crippen MR) is 178 cm³/mol. The van der Waals surface area contributed by atoms with Gasteiger partial charge in [-0.25, -0.2) is 4.79 Å². The van der Waals surface area contributed by atoms with Crippen LogP contribution >= 0.6 is 0 Å². The van der Waals surface area contributed by atoms with E-state index in [2.05, 4.69) is 5.32 Å². The molecule has 236 valence electrons. The van der Waals surface area contributed by atoms with Crippen LogP contribution < -0.4 is 18.7 Å². The predicted octanol–water partition coefficient (Wildman–Crippen LogP) is 7.27. The van der Waals surface area contributed by atoms with Crippen molar-refractivity contribution in [3.63, 3.8) is 0 Å². The molecule has 5 rings (SSSR count). The smallest absolute Gasteiger partial charge is 0.337 e. The fraction of sp³-hybridized carbons (Fsp3) is 0.0882. The summed E-state index contributed by atoms with van der Waals surface area (Å²) in [4.78, 5) is 12.3. The Morgan fingerprint density at radius 1 is 0.717 bits per heavy atom. The van der Waals surface area contributed by atoms with Crippen molar-refractivity contribution >= 4 is 56.9 Å². The third-order valence-electron chi connectivity index (χ3n) is 7.00. The Kier molecular flexibility index (Phi) is 10.1. The highest BCUT2D eigenvalue weighted by Crippen LogP contribution is 2.39. The third kappa shape index (κ3) is 7.61. The molecule has 0 spiro atoms. The summed E-state index contributed by atoms with van der Waals surface area (Å²) in [7, 11) is 0. The monoisotopic (exact) mass is 655 g/mol. The second-order valence-corrected chi connectivity index (χ2v) is 11.9. The van der Waals surface area contributed by atoms with Crippen molar-refractivity contribution in [3.8, 4) is 11.5 Å². The molecular formula is C34H29N3O7S2-2. The summed E-state index contributed by atoms with van der Waals surface area (Å²) in [6, 6.07) is 32.1. The van der Waals surface area contributed by atoms with Crippen LogP contribution in [-0.4, -0.2) is 28.6 Å². The molecule has 5 aromatic rings. The molecule has 0 saturated carbocycles. The van der Waals surface area contributed by atoms with E-state index < -0.39 is 28.5 Å². The van der Waals surface area contributed by atoms with Gasteiger partial charge in [0, 0.05) is 12.6 Å². The molecule has 12 heteroatoms. The number of carboxylic acids is 1. The van der Waals surface area contributed by atoms with Crippen molar-refractivity contribution in [1.29, 1.82) is 0 Å². The van der Waals surface area contributed by atoms with Gasteiger partial charge in [-0.15, -0.1) is 0 Å². The summed E-state index contributed by atoms with van der Waals surface area (Å²) >= 11 is -5.49. The van der Waals surface area contributed by atoms with E-state index in [1.54, 1.807) is 54.6 Å². The maximum atomic E-state index is 12.5. The number of nitrogens with zero attached hydrogens (tertiary/aromatic N) is 2. The molecule has 2 unspecified atom stereocenters. The standard InChI is InChI=1S/C34H31N3O7S2/c1-23-8-12-26(13-9-23)36(45(40)41)32-18-16-28(20-30(32)34(38)39)44-29-17-19-33(31(21-29)35-22-25-6-4-3-5-7-25)37(46(42)43)27-14-10-24(2)11-15-27/h3-21,35H,22H2,1-2H3,(H,38,39)(H,40,41)(H,42,43)/p-2. The van der Waals surface area contributed by atoms with E-state index in [9.17, 15) is 27.4 Å². The molecule has 0 aliphatic heterocycles. The molecule has 10 nitrogen and oxygen atoms in total. The van der Waals surface area contributed by atoms with Crippen LogP contribution in [0, 0.1) is 13.8 Å². The van der Waals surface area contributed by atoms with Crippen LogP contribution in [0.15, 0.2) is 115 Å². The number of benzene rings is 5. The van der Waals surface area contributed by atoms with E-state index in [1.165, 1.54) is 18.2 Å². The van der Waals surface area contributed by atoms with Crippen molar-refractivity contribution < 1.29 is 32.2 Å². The first kappa shape index (κ1) is 32.4. The van der Waals surface area contributed by atoms with Gasteiger partial charge >= 0.3 is 5.97 Å². The average Bonchev–Trinajstić information content (AvgIpc) is 3.03. The zero-order chi connectivity index (χ0) is 32.8. The highest BCUT2D eigenvalue weighted by molar-refractivity contribution is 7.81. The van der Waals surface area contributed by atoms with Crippen LogP contribution in [0.1, 0.15) is 27.0 Å². The molecular weight excluding hydrogens is 627 g/mol. The summed E-state index contributed by atoms with van der Waals surface area (Å²) in [5.74, 6) is -0.937. The highest BCUT2D eigenvalue weighted by Gasteiger charge is 2.21. The van der Waals surface area contributed by atoms with Gasteiger partial charge in [-0.05, 0) is 74.0 Å². The molecule has 0 heterocycles. The van der Waals surface area contributed by atoms with E-state index in [1.807, 2.05) is 56.3 Å². The third-order valence-corrected chi connectivity index (χ3v) is 8.41. The number of nitrogens with one attached hydrogen (secondary N) is 1. The average molecular weight is 656 g/mol. The molecule has 0 amide bonds. The molecule has 46 heavy (non-hydrogen) atoms. The van der Waals surface area contributed by atoms with Gasteiger partial charge in [0.25, 0.3) is 0 Å². The van der Waals surface area contributed by atoms with Crippen LogP contribution in [-0.2, 0) is 29.1 Å². The number of hydrogen-bond donors (Lipinski definition) is 2. The molecule has 0 fully saturated rings. The van der Waals surface area contributed by atoms with Crippen LogP contribution in [0.5, 0.6) is 11.5 Å². The Balaban J connectivity index is 1.52. The molecule has 0 aromatic heterocycles. The first-order valence-corrected chi connectivity index (χ1v) is 16.1. The normalized spacial score (nSPS) is 12.2. The second kappa shape index (κ2) is 14.4. The number of anilines is 5. The molecule has 2 atom stereocenters. The molecule has 0 aliphatic rings. The van der Waals surface area contributed by atoms with Gasteiger partial charge in [0.15, 0.2) is 0 Å². The first-order valence-electron chi connectivity index (χ1n) is 14.0. The topological polar surface area (TPSA) is 145 Å². The SMILES string of the molecule is Cc1ccc(N(c2ccc(Oc3ccc(N(c4ccc(C)cc4)S(=O)[O-])c(C(=O)O)c3)cc2NCc2ccccc2)S(=O)[O-])cc1. The summed E-state index contributed by atoms with van der Waals surface area (Å²) in [5.41, 5.74) is 3.97. The minimum Gasteiger partial charge on any atom is -0.755 e. The van der Waals surface area contributed by atoms with E-state index in [-0.39, 0.29) is 28.4 Å². The summed E-state index contributed by atoms with van der Waals surface area (Å²) in [5, 5.41) is 13.3. The number of carbonyl (C=O) groups is 1. The lowest BCUT2D eigenvalue weighted by molar-refractivity contribution is 0.0697. The number of rotatable bonds is 12. The summed E-state index contributed by atoms with van der Waals surface area (Å²) < 4.78 is 57.6. The van der Waals surface area contributed by atoms with Crippen LogP contribution in [0.4, 0.5) is 28.4 Å². The Morgan fingerprint density at radius 2 is 1.22 bits per heavy atom. The van der Waals surface area contributed by atoms with Crippen LogP contribution in [0.25, 0.3) is 0 Å². The molecule has 0 aliphatic carbocycles. The van der Waals surface area contributed by atoms with Crippen molar-refractivity contribution in [2.24, 2.45) is 0 Å². The van der Waals surface area contributed by atoms with Crippen molar-refractivity contribution in [1.82, 2.24) is 0 Å². The van der Waals surface area contributed by atoms with E-state index in [4.69, 9.17) is 4.74 Å². The van der Waals surface area contributed by atoms with Gasteiger partial charge in [-0.3, -0.25) is 17.0 Å². The number of aryl methyl sites for hydroxylation is 2. The second-order valence-electron chi connectivity index (χ2n) is 10.3. The van der Waals surface area contributed by atoms with E-state index in [0.717, 1.165) is 25.3 Å². The Hall–Kier alpha value is -5.01. The number of hydrogen-bond acceptors (Lipinski definition) is 7. The lowest BCUT2D eigenvalue weighted by Crippen LogP contribution is -2.22. The zero-order valence-electron chi connectivity index (χ0n) is 24.8. The first-order chi connectivity index (χ1) is 22.1. The lowest BCUT2D eigenvalue weighted by atomic mass is 10.1. The largest absolute Gasteiger partial charge is 0.755 e. The van der Waals surface area contributed by atoms with Crippen LogP contribution in [0.3, 0.4) is 0 Å². The Bertz CT molecular complexity index is 1890. The van der Waals surface area contributed by atoms with Crippen molar-refractivity contribution in [3.05, 3.63) is 138 Å². The molecule has 2 N–H and O–H groups in total. The van der Waals surface area contributed by atoms with Crippen LogP contribution in [0.2, 0.25) is 0 Å². The van der Waals surface area contributed by atoms with Gasteiger partial charge in [0.2, 0.25) is 0 Å². The Morgan fingerprint density at radius 3 is 1.74 bits per heavy atom. The van der Waals surface area contributed by atoms with E-state index >= 15 is 0 Å². The fourth-order valence-electron chi connectivity index (χ4n) is 4.72. The van der Waals surface area contributed by atoms with Gasteiger partial charge < -0.3 is 24.3 Å². The summed E-state index contributed by atoms with van der Waals surface area (Å²) in [6.07, 6.45) is 0. The lowest BCUT2D eigenvalue weighted by Gasteiger charge is -2.29. The zero-order valence-corrected chi connectivity index (χ0v) is 26.4. The molecule has 0 saturated heterocycles. The maximum absolute atomic E-state index is 12.5. The number of ether oxygens (including phenoxy) is 1. The van der Waals surface area contributed by atoms with Crippen molar-refractivity contribution in [2.75, 3.05) is 13.9 Å². The van der Waals surface area contributed by atoms with Gasteiger partial charge in [-0.1, -0.05) is 65.7 Å². The van der Waals surface area contributed by atoms with Gasteiger partial charge in [0.05, 0.1) is 56.5 Å². The van der Waals surface area contributed by atoms with Crippen molar-refractivity contribution in [2.45, 2.75) is 20.4 Å². The summed E-state index contributed by atoms with van der Waals surface area (Å²) in [6.45, 7) is 4.14. The number of carboxylic acid groups (broad SMARTS) is 1. The minimum atomic E-state index is -2.82. The maximum Gasteiger partial charge on any atom is 0.337 e. The van der Waals surface area contributed by atoms with Gasteiger partial charge in [-0.2, -0.15) is 0 Å².